The molecule has 2 aliphatic carbocycles. The second-order valence-electron chi connectivity index (χ2n) is 26.1. The molecular weight excluding hydrogens is 1360 g/mol. The Labute approximate surface area is 569 Å². The fraction of sp³-hybridized carbons (Fsp3) is 0.931. The molecule has 0 aromatic carbocycles. The molecule has 43 atom stereocenters. The molecule has 7 heterocycles. The maximum Gasteiger partial charge on any atom is 0.189 e. The number of nitrogens with one attached hydrogen (secondary N) is 2. The van der Waals surface area contributed by atoms with Crippen molar-refractivity contribution in [3.63, 3.8) is 0 Å². The number of hydrogen-bond donors (Lipinski definition) is 29. The average molecular weight is 1470 g/mol. The van der Waals surface area contributed by atoms with E-state index in [1.165, 1.54) is 33.1 Å². The molecule has 582 valence electrons. The molecule has 7 aliphatic heterocycles. The van der Waals surface area contributed by atoms with Gasteiger partial charge in [-0.15, -0.1) is 0 Å². The van der Waals surface area contributed by atoms with E-state index in [1.807, 2.05) is 0 Å². The molecule has 7 saturated heterocycles. The molecule has 0 saturated carbocycles. The summed E-state index contributed by atoms with van der Waals surface area (Å²) in [5.74, 6) is -0.685. The van der Waals surface area contributed by atoms with Crippen molar-refractivity contribution < 1.29 is 199 Å². The predicted octanol–water partition coefficient (Wildman–Crippen LogP) is -17.4. The van der Waals surface area contributed by atoms with Gasteiger partial charge in [0.2, 0.25) is 0 Å². The van der Waals surface area contributed by atoms with Crippen LogP contribution in [0.15, 0.2) is 23.3 Å². The molecule has 0 radical (unpaired) electrons. The number of methoxy groups -OCH3 is 1. The quantitative estimate of drug-likeness (QED) is 0.0448. The van der Waals surface area contributed by atoms with Gasteiger partial charge in [0.15, 0.2) is 44.0 Å². The van der Waals surface area contributed by atoms with Crippen molar-refractivity contribution in [2.75, 3.05) is 53.4 Å². The largest absolute Gasteiger partial charge is 0.394 e. The molecule has 9 aliphatic rings. The Morgan fingerprint density at radius 2 is 0.640 bits per heavy atom. The van der Waals surface area contributed by atoms with E-state index >= 15 is 0 Å². The molecule has 7 fully saturated rings. The van der Waals surface area contributed by atoms with Crippen molar-refractivity contribution in [3.8, 4) is 0 Å². The number of rotatable bonds is 22. The maximum absolute atomic E-state index is 11.1. The lowest BCUT2D eigenvalue weighted by Crippen LogP contribution is -2.68. The zero-order valence-corrected chi connectivity index (χ0v) is 54.3. The summed E-state index contributed by atoms with van der Waals surface area (Å²) in [4.78, 5) is 0. The minimum absolute atomic E-state index is 0.00641. The summed E-state index contributed by atoms with van der Waals surface area (Å²) in [7, 11) is 1.29. The lowest BCUT2D eigenvalue weighted by atomic mass is 9.86. The smallest absolute Gasteiger partial charge is 0.189 e. The van der Waals surface area contributed by atoms with Gasteiger partial charge in [-0.05, 0) is 25.0 Å². The van der Waals surface area contributed by atoms with Gasteiger partial charge in [0.05, 0.1) is 94.8 Å². The highest BCUT2D eigenvalue weighted by atomic mass is 16.8. The van der Waals surface area contributed by atoms with E-state index in [-0.39, 0.29) is 11.1 Å². The number of hydrogen-bond acceptors (Lipinski definition) is 42. The van der Waals surface area contributed by atoms with Crippen LogP contribution in [0.3, 0.4) is 0 Å². The second-order valence-corrected chi connectivity index (χ2v) is 26.1. The van der Waals surface area contributed by atoms with Crippen LogP contribution >= 0.6 is 0 Å². The first-order valence-electron chi connectivity index (χ1n) is 32.5. The van der Waals surface area contributed by atoms with E-state index in [9.17, 15) is 138 Å². The Kier molecular flexibility index (Phi) is 30.1. The van der Waals surface area contributed by atoms with E-state index in [2.05, 4.69) is 10.6 Å². The monoisotopic (exact) mass is 1460 g/mol. The third kappa shape index (κ3) is 17.5. The highest BCUT2D eigenvalue weighted by molar-refractivity contribution is 5.24. The van der Waals surface area contributed by atoms with E-state index in [0.717, 1.165) is 0 Å². The molecule has 29 N–H and O–H groups in total. The van der Waals surface area contributed by atoms with E-state index in [4.69, 9.17) is 61.6 Å². The summed E-state index contributed by atoms with van der Waals surface area (Å²) in [6.07, 6.45) is -58.6. The summed E-state index contributed by atoms with van der Waals surface area (Å²) in [6.45, 7) is -0.651. The fourth-order valence-corrected chi connectivity index (χ4v) is 13.4. The van der Waals surface area contributed by atoms with Gasteiger partial charge in [0.25, 0.3) is 0 Å². The molecule has 100 heavy (non-hydrogen) atoms. The van der Waals surface area contributed by atoms with Crippen molar-refractivity contribution in [2.45, 2.75) is 278 Å². The Morgan fingerprint density at radius 3 is 1.06 bits per heavy atom. The van der Waals surface area contributed by atoms with Gasteiger partial charge in [-0.3, -0.25) is 0 Å². The Hall–Kier alpha value is -2.20. The zero-order valence-electron chi connectivity index (χ0n) is 54.3. The van der Waals surface area contributed by atoms with Crippen LogP contribution in [-0.4, -0.2) is 449 Å². The lowest BCUT2D eigenvalue weighted by molar-refractivity contribution is -0.396. The molecule has 9 rings (SSSR count). The number of aliphatic hydroxyl groups excluding tert-OH is 27. The second kappa shape index (κ2) is 36.1. The van der Waals surface area contributed by atoms with Gasteiger partial charge in [-0.2, -0.15) is 0 Å². The molecule has 0 spiro atoms. The number of ether oxygens (including phenoxy) is 13. The van der Waals surface area contributed by atoms with Crippen LogP contribution < -0.4 is 10.6 Å². The first-order valence-corrected chi connectivity index (χ1v) is 32.5. The zero-order chi connectivity index (χ0) is 74.0. The third-order valence-corrected chi connectivity index (χ3v) is 19.6. The van der Waals surface area contributed by atoms with Gasteiger partial charge in [0.1, 0.15) is 165 Å². The summed E-state index contributed by atoms with van der Waals surface area (Å²) in [6, 6.07) is -4.29. The standard InChI is InChI=1S/C33H56N2O20.C25H44O20/c1-9-16(21(42)26(47)31(50-3)51-9)35-14-5-12(7-37)29(24(45)20(14)41)54-33-28(49)25(46)30(15(8-38)53-33)55-32-27(48)22(43)17(10(2)52-32)34-13-4-11(6-36)18(39)23(44)19(13)40;1-6-7(2-26)39-22(16(35)11(6)30)43-20-9(4-28)41-23(18(37)14(20)33)44-21-10(5-29)42-25(19(38)15(21)34)45-24-17(36)13(32)12(31)8(3-27)40-24/h4-5,9-10,13-49H,6-8H2,1-3H3;6-38H,2-5H2,1H3. The molecular formula is C58H100N2O40. The van der Waals surface area contributed by atoms with Crippen molar-refractivity contribution in [2.24, 2.45) is 5.92 Å². The number of aliphatic hydroxyl groups is 27. The molecule has 42 heteroatoms. The van der Waals surface area contributed by atoms with Crippen LogP contribution in [0, 0.1) is 5.92 Å². The van der Waals surface area contributed by atoms with Crippen molar-refractivity contribution in [1.82, 2.24) is 10.6 Å². The summed E-state index contributed by atoms with van der Waals surface area (Å²) >= 11 is 0. The van der Waals surface area contributed by atoms with Crippen LogP contribution in [-0.2, 0) is 61.6 Å². The third-order valence-electron chi connectivity index (χ3n) is 19.6. The van der Waals surface area contributed by atoms with Gasteiger partial charge in [0, 0.05) is 13.0 Å². The molecule has 0 amide bonds. The highest BCUT2D eigenvalue weighted by Gasteiger charge is 2.58. The van der Waals surface area contributed by atoms with Crippen LogP contribution in [0.25, 0.3) is 0 Å². The Morgan fingerprint density at radius 1 is 0.310 bits per heavy atom. The maximum atomic E-state index is 11.1. The van der Waals surface area contributed by atoms with Gasteiger partial charge < -0.3 is 210 Å². The molecule has 0 aromatic heterocycles. The van der Waals surface area contributed by atoms with E-state index < -0.39 is 310 Å². The molecule has 43 unspecified atom stereocenters. The summed E-state index contributed by atoms with van der Waals surface area (Å²) < 4.78 is 71.9. The van der Waals surface area contributed by atoms with Gasteiger partial charge in [-0.1, -0.05) is 19.1 Å². The fourth-order valence-electron chi connectivity index (χ4n) is 13.4. The first-order chi connectivity index (χ1) is 47.3. The Balaban J connectivity index is 0.000000260. The van der Waals surface area contributed by atoms with Gasteiger partial charge in [-0.25, -0.2) is 0 Å². The first kappa shape index (κ1) is 83.4. The van der Waals surface area contributed by atoms with Crippen LogP contribution in [0.2, 0.25) is 0 Å². The van der Waals surface area contributed by atoms with E-state index in [0.29, 0.717) is 0 Å². The SMILES string of the molecule is CC1C(CO)OC(OC2C(CO)OC(OC3C(CO)OC(OC4OC(CO)C(O)C(O)C4O)C(O)C3O)C(O)C2O)C(O)C1O.COC1OC(C)C(NC2C=C(CO)C(OC3OC(CO)C(OC4OC(C)C(NC5C=C(CO)C(O)C(O)C5O)C(O)C4O)C(O)C3O)C(O)C2O)C(O)C1O. The van der Waals surface area contributed by atoms with Crippen molar-refractivity contribution >= 4 is 0 Å². The summed E-state index contributed by atoms with van der Waals surface area (Å²) in [5, 5.41) is 287. The highest BCUT2D eigenvalue weighted by Crippen LogP contribution is 2.38. The normalized spacial score (nSPS) is 51.9. The summed E-state index contributed by atoms with van der Waals surface area (Å²) in [5.41, 5.74) is 0.00797. The van der Waals surface area contributed by atoms with Crippen molar-refractivity contribution in [1.29, 1.82) is 0 Å². The van der Waals surface area contributed by atoms with Crippen LogP contribution in [0.1, 0.15) is 20.8 Å². The van der Waals surface area contributed by atoms with E-state index in [1.54, 1.807) is 6.92 Å². The average Bonchev–Trinajstić information content (AvgIpc) is 0.781. The predicted molar refractivity (Wildman–Crippen MR) is 316 cm³/mol. The minimum Gasteiger partial charge on any atom is -0.394 e. The molecule has 42 nitrogen and oxygen atoms in total. The Bertz CT molecular complexity index is 2550. The molecule has 0 aromatic rings. The van der Waals surface area contributed by atoms with Crippen LogP contribution in [0.4, 0.5) is 0 Å². The van der Waals surface area contributed by atoms with Crippen molar-refractivity contribution in [3.05, 3.63) is 23.3 Å². The lowest BCUT2D eigenvalue weighted by Gasteiger charge is -2.48. The minimum atomic E-state index is -1.99. The van der Waals surface area contributed by atoms with Crippen LogP contribution in [0.5, 0.6) is 0 Å². The van der Waals surface area contributed by atoms with Gasteiger partial charge >= 0.3 is 0 Å². The molecule has 0 bridgehead atoms. The topological polar surface area (TPSA) is 690 Å².